The molecule has 154 valence electrons. The molecule has 6 heteroatoms. The molecule has 0 aromatic heterocycles. The molecule has 0 radical (unpaired) electrons. The molecular weight excluding hydrogens is 356 g/mol. The summed E-state index contributed by atoms with van der Waals surface area (Å²) in [5, 5.41) is 0. The first-order chi connectivity index (χ1) is 13.3. The van der Waals surface area contributed by atoms with Crippen LogP contribution in [0.1, 0.15) is 58.1 Å². The van der Waals surface area contributed by atoms with Crippen molar-refractivity contribution in [2.45, 2.75) is 58.1 Å². The lowest BCUT2D eigenvalue weighted by Crippen LogP contribution is -2.47. The molecule has 0 N–H and O–H groups in total. The number of carbonyl (C=O) groups is 2. The molecule has 1 aromatic rings. The lowest BCUT2D eigenvalue weighted by Gasteiger charge is -2.36. The molecule has 2 aliphatic heterocycles. The molecule has 2 saturated heterocycles. The predicted octanol–water partition coefficient (Wildman–Crippen LogP) is 4.01. The summed E-state index contributed by atoms with van der Waals surface area (Å²) in [6, 6.07) is 8.09. The molecule has 2 fully saturated rings. The van der Waals surface area contributed by atoms with Gasteiger partial charge in [-0.05, 0) is 64.2 Å². The van der Waals surface area contributed by atoms with E-state index in [2.05, 4.69) is 0 Å². The van der Waals surface area contributed by atoms with Crippen LogP contribution in [0.4, 0.5) is 4.79 Å². The van der Waals surface area contributed by atoms with Crippen molar-refractivity contribution < 1.29 is 19.1 Å². The molecule has 0 bridgehead atoms. The molecule has 3 rings (SSSR count). The summed E-state index contributed by atoms with van der Waals surface area (Å²) in [5.74, 6) is 0.826. The van der Waals surface area contributed by atoms with Crippen LogP contribution in [-0.4, -0.2) is 54.1 Å². The Morgan fingerprint density at radius 2 is 1.71 bits per heavy atom. The summed E-state index contributed by atoms with van der Waals surface area (Å²) in [5.41, 5.74) is 0.620. The van der Waals surface area contributed by atoms with Gasteiger partial charge in [0.25, 0.3) is 0 Å². The normalized spacial score (nSPS) is 22.9. The quantitative estimate of drug-likeness (QED) is 0.785. The molecule has 2 atom stereocenters. The first kappa shape index (κ1) is 20.5. The van der Waals surface area contributed by atoms with Gasteiger partial charge in [0.05, 0.1) is 19.1 Å². The van der Waals surface area contributed by atoms with Crippen LogP contribution >= 0.6 is 0 Å². The average Bonchev–Trinajstić information content (AvgIpc) is 3.16. The third-order valence-electron chi connectivity index (χ3n) is 5.46. The van der Waals surface area contributed by atoms with Crippen molar-refractivity contribution in [3.8, 4) is 5.75 Å². The summed E-state index contributed by atoms with van der Waals surface area (Å²) in [4.78, 5) is 29.4. The Hall–Kier alpha value is -2.24. The number of carbonyl (C=O) groups excluding carboxylic acids is 2. The Kier molecular flexibility index (Phi) is 6.16. The van der Waals surface area contributed by atoms with Gasteiger partial charge in [-0.15, -0.1) is 0 Å². The van der Waals surface area contributed by atoms with Gasteiger partial charge in [0, 0.05) is 19.6 Å². The summed E-state index contributed by atoms with van der Waals surface area (Å²) >= 11 is 0. The second-order valence-electron chi connectivity index (χ2n) is 8.73. The fourth-order valence-corrected chi connectivity index (χ4v) is 4.11. The van der Waals surface area contributed by atoms with Crippen molar-refractivity contribution in [1.82, 2.24) is 9.80 Å². The molecule has 0 saturated carbocycles. The minimum absolute atomic E-state index is 0.107. The van der Waals surface area contributed by atoms with E-state index in [-0.39, 0.29) is 24.0 Å². The van der Waals surface area contributed by atoms with E-state index in [1.54, 1.807) is 12.0 Å². The van der Waals surface area contributed by atoms with Gasteiger partial charge < -0.3 is 19.3 Å². The molecule has 2 amide bonds. The van der Waals surface area contributed by atoms with E-state index in [9.17, 15) is 9.59 Å². The number of piperidine rings is 1. The first-order valence-electron chi connectivity index (χ1n) is 10.2. The van der Waals surface area contributed by atoms with Crippen LogP contribution in [0.15, 0.2) is 24.3 Å². The molecule has 2 heterocycles. The van der Waals surface area contributed by atoms with Crippen LogP contribution in [0.5, 0.6) is 5.75 Å². The van der Waals surface area contributed by atoms with Crippen LogP contribution in [0.2, 0.25) is 0 Å². The predicted molar refractivity (Wildman–Crippen MR) is 107 cm³/mol. The molecule has 0 aliphatic carbocycles. The van der Waals surface area contributed by atoms with Gasteiger partial charge in [-0.2, -0.15) is 0 Å². The fraction of sp³-hybridized carbons (Fsp3) is 0.636. The zero-order valence-electron chi connectivity index (χ0n) is 17.4. The van der Waals surface area contributed by atoms with E-state index < -0.39 is 5.60 Å². The van der Waals surface area contributed by atoms with Gasteiger partial charge >= 0.3 is 6.09 Å². The summed E-state index contributed by atoms with van der Waals surface area (Å²) in [6.07, 6.45) is 3.31. The highest BCUT2D eigenvalue weighted by Crippen LogP contribution is 2.35. The Morgan fingerprint density at radius 3 is 2.36 bits per heavy atom. The molecule has 28 heavy (non-hydrogen) atoms. The number of rotatable bonds is 3. The first-order valence-corrected chi connectivity index (χ1v) is 10.2. The van der Waals surface area contributed by atoms with Crippen molar-refractivity contribution in [1.29, 1.82) is 0 Å². The maximum Gasteiger partial charge on any atom is 0.410 e. The summed E-state index contributed by atoms with van der Waals surface area (Å²) < 4.78 is 10.7. The smallest absolute Gasteiger partial charge is 0.410 e. The summed E-state index contributed by atoms with van der Waals surface area (Å²) in [7, 11) is 1.65. The number of likely N-dealkylation sites (tertiary alicyclic amines) is 2. The number of nitrogens with zero attached hydrogens (tertiary/aromatic N) is 2. The topological polar surface area (TPSA) is 59.1 Å². The maximum absolute atomic E-state index is 13.3. The van der Waals surface area contributed by atoms with Crippen molar-refractivity contribution in [3.63, 3.8) is 0 Å². The Labute approximate surface area is 167 Å². The van der Waals surface area contributed by atoms with Gasteiger partial charge in [-0.25, -0.2) is 4.79 Å². The Morgan fingerprint density at radius 1 is 1.04 bits per heavy atom. The highest BCUT2D eigenvalue weighted by atomic mass is 16.6. The number of benzene rings is 1. The third-order valence-corrected chi connectivity index (χ3v) is 5.46. The minimum atomic E-state index is -0.525. The average molecular weight is 389 g/mol. The highest BCUT2D eigenvalue weighted by molar-refractivity contribution is 5.81. The molecule has 6 nitrogen and oxygen atoms in total. The highest BCUT2D eigenvalue weighted by Gasteiger charge is 2.37. The van der Waals surface area contributed by atoms with Gasteiger partial charge in [0.2, 0.25) is 5.91 Å². The van der Waals surface area contributed by atoms with Gasteiger partial charge in [0.15, 0.2) is 0 Å². The van der Waals surface area contributed by atoms with Crippen molar-refractivity contribution in [2.24, 2.45) is 5.92 Å². The lowest BCUT2D eigenvalue weighted by atomic mass is 9.95. The molecule has 2 unspecified atom stereocenters. The molecule has 2 aliphatic rings. The molecular formula is C22H32N2O4. The van der Waals surface area contributed by atoms with Crippen molar-refractivity contribution in [3.05, 3.63) is 29.8 Å². The SMILES string of the molecule is COc1ccc(C2CCCN2C(=O)C2CCCN(C(=O)OC(C)(C)C)C2)cc1. The van der Waals surface area contributed by atoms with Crippen LogP contribution in [0.25, 0.3) is 0 Å². The Bertz CT molecular complexity index is 695. The largest absolute Gasteiger partial charge is 0.497 e. The van der Waals surface area contributed by atoms with Crippen LogP contribution in [0.3, 0.4) is 0 Å². The second kappa shape index (κ2) is 8.41. The van der Waals surface area contributed by atoms with Crippen molar-refractivity contribution in [2.75, 3.05) is 26.7 Å². The van der Waals surface area contributed by atoms with Crippen LogP contribution in [-0.2, 0) is 9.53 Å². The fourth-order valence-electron chi connectivity index (χ4n) is 4.11. The standard InChI is InChI=1S/C22H32N2O4/c1-22(2,3)28-21(26)23-13-5-7-17(15-23)20(25)24-14-6-8-19(24)16-9-11-18(27-4)12-10-16/h9-12,17,19H,5-8,13-15H2,1-4H3. The monoisotopic (exact) mass is 388 g/mol. The lowest BCUT2D eigenvalue weighted by molar-refractivity contribution is -0.138. The number of amides is 2. The van der Waals surface area contributed by atoms with E-state index in [1.165, 1.54) is 0 Å². The van der Waals surface area contributed by atoms with E-state index >= 15 is 0 Å². The van der Waals surface area contributed by atoms with Gasteiger partial charge in [0.1, 0.15) is 11.4 Å². The maximum atomic E-state index is 13.3. The zero-order chi connectivity index (χ0) is 20.3. The number of methoxy groups -OCH3 is 1. The number of ether oxygens (including phenoxy) is 2. The van der Waals surface area contributed by atoms with Crippen molar-refractivity contribution >= 4 is 12.0 Å². The zero-order valence-corrected chi connectivity index (χ0v) is 17.4. The van der Waals surface area contributed by atoms with E-state index in [1.807, 2.05) is 49.9 Å². The minimum Gasteiger partial charge on any atom is -0.497 e. The van der Waals surface area contributed by atoms with Gasteiger partial charge in [-0.3, -0.25) is 4.79 Å². The third kappa shape index (κ3) is 4.78. The molecule has 0 spiro atoms. The van der Waals surface area contributed by atoms with E-state index in [0.29, 0.717) is 13.1 Å². The molecule has 1 aromatic carbocycles. The van der Waals surface area contributed by atoms with E-state index in [0.717, 1.165) is 43.5 Å². The summed E-state index contributed by atoms with van der Waals surface area (Å²) in [6.45, 7) is 7.46. The Balaban J connectivity index is 1.67. The van der Waals surface area contributed by atoms with E-state index in [4.69, 9.17) is 9.47 Å². The van der Waals surface area contributed by atoms with Crippen LogP contribution in [0, 0.1) is 5.92 Å². The number of hydrogen-bond donors (Lipinski definition) is 0. The number of hydrogen-bond acceptors (Lipinski definition) is 4. The van der Waals surface area contributed by atoms with Crippen LogP contribution < -0.4 is 4.74 Å². The second-order valence-corrected chi connectivity index (χ2v) is 8.73. The van der Waals surface area contributed by atoms with Gasteiger partial charge in [-0.1, -0.05) is 12.1 Å².